The van der Waals surface area contributed by atoms with Crippen LogP contribution in [0.2, 0.25) is 0 Å². The van der Waals surface area contributed by atoms with Crippen molar-refractivity contribution in [2.45, 2.75) is 13.8 Å². The number of carbonyl (C=O) groups is 2. The van der Waals surface area contributed by atoms with E-state index in [-0.39, 0.29) is 11.8 Å². The lowest BCUT2D eigenvalue weighted by atomic mass is 10.1. The number of fused-ring (bicyclic) bond motifs is 1. The Hall–Kier alpha value is -2.08. The standard InChI is InChI=1S/C14H17N3O2S/c1-8-3-4-10-11(7-8)20-13(12(10)15)14(19)17-6-5-16-9(2)18/h3-4,7H,5-6,15H2,1-2H3,(H,16,18)(H,17,19). The minimum absolute atomic E-state index is 0.115. The van der Waals surface area contributed by atoms with Crippen molar-refractivity contribution in [1.82, 2.24) is 10.6 Å². The molecule has 0 atom stereocenters. The Morgan fingerprint density at radius 3 is 2.65 bits per heavy atom. The minimum Gasteiger partial charge on any atom is -0.397 e. The SMILES string of the molecule is CC(=O)NCCNC(=O)c1sc2cc(C)ccc2c1N. The van der Waals surface area contributed by atoms with Gasteiger partial charge in [0.2, 0.25) is 5.91 Å². The Labute approximate surface area is 121 Å². The van der Waals surface area contributed by atoms with Gasteiger partial charge in [-0.25, -0.2) is 0 Å². The number of anilines is 1. The summed E-state index contributed by atoms with van der Waals surface area (Å²) in [6.45, 7) is 4.23. The predicted octanol–water partition coefficient (Wildman–Crippen LogP) is 1.66. The molecule has 0 aliphatic heterocycles. The van der Waals surface area contributed by atoms with Crippen LogP contribution in [-0.4, -0.2) is 24.9 Å². The molecule has 0 saturated carbocycles. The highest BCUT2D eigenvalue weighted by Gasteiger charge is 2.15. The van der Waals surface area contributed by atoms with E-state index >= 15 is 0 Å². The number of thiophene rings is 1. The number of amides is 2. The normalized spacial score (nSPS) is 10.5. The lowest BCUT2D eigenvalue weighted by Gasteiger charge is -2.04. The molecule has 5 nitrogen and oxygen atoms in total. The molecule has 2 amide bonds. The molecule has 2 rings (SSSR count). The topological polar surface area (TPSA) is 84.2 Å². The molecule has 0 spiro atoms. The average molecular weight is 291 g/mol. The third-order valence-electron chi connectivity index (χ3n) is 2.87. The molecule has 1 heterocycles. The van der Waals surface area contributed by atoms with Gasteiger partial charge in [0.15, 0.2) is 0 Å². The van der Waals surface area contributed by atoms with Crippen molar-refractivity contribution < 1.29 is 9.59 Å². The van der Waals surface area contributed by atoms with Crippen LogP contribution in [0.1, 0.15) is 22.2 Å². The molecule has 2 aromatic rings. The molecule has 4 N–H and O–H groups in total. The van der Waals surface area contributed by atoms with Crippen LogP contribution in [0.5, 0.6) is 0 Å². The summed E-state index contributed by atoms with van der Waals surface area (Å²) in [7, 11) is 0. The van der Waals surface area contributed by atoms with Crippen LogP contribution in [-0.2, 0) is 4.79 Å². The largest absolute Gasteiger partial charge is 0.397 e. The van der Waals surface area contributed by atoms with Crippen molar-refractivity contribution in [2.24, 2.45) is 0 Å². The second-order valence-corrected chi connectivity index (χ2v) is 5.64. The van der Waals surface area contributed by atoms with Crippen LogP contribution in [0.3, 0.4) is 0 Å². The Balaban J connectivity index is 2.10. The van der Waals surface area contributed by atoms with E-state index in [0.29, 0.717) is 23.7 Å². The Morgan fingerprint density at radius 1 is 1.25 bits per heavy atom. The van der Waals surface area contributed by atoms with Crippen LogP contribution in [0.4, 0.5) is 5.69 Å². The second kappa shape index (κ2) is 5.92. The van der Waals surface area contributed by atoms with E-state index in [0.717, 1.165) is 15.6 Å². The zero-order valence-electron chi connectivity index (χ0n) is 11.4. The Kier molecular flexibility index (Phi) is 4.24. The maximum absolute atomic E-state index is 12.1. The predicted molar refractivity (Wildman–Crippen MR) is 82.0 cm³/mol. The minimum atomic E-state index is -0.202. The molecular weight excluding hydrogens is 274 g/mol. The summed E-state index contributed by atoms with van der Waals surface area (Å²) < 4.78 is 1.01. The van der Waals surface area contributed by atoms with Gasteiger partial charge in [0.05, 0.1) is 5.69 Å². The van der Waals surface area contributed by atoms with Gasteiger partial charge >= 0.3 is 0 Å². The zero-order chi connectivity index (χ0) is 14.7. The van der Waals surface area contributed by atoms with E-state index in [1.165, 1.54) is 18.3 Å². The first-order valence-corrected chi connectivity index (χ1v) is 7.12. The van der Waals surface area contributed by atoms with Crippen molar-refractivity contribution in [1.29, 1.82) is 0 Å². The van der Waals surface area contributed by atoms with Crippen molar-refractivity contribution in [3.63, 3.8) is 0 Å². The van der Waals surface area contributed by atoms with Crippen molar-refractivity contribution in [2.75, 3.05) is 18.8 Å². The van der Waals surface area contributed by atoms with Crippen molar-refractivity contribution in [3.05, 3.63) is 28.6 Å². The summed E-state index contributed by atoms with van der Waals surface area (Å²) in [5, 5.41) is 6.28. The average Bonchev–Trinajstić information content (AvgIpc) is 2.71. The van der Waals surface area contributed by atoms with Crippen LogP contribution in [0.25, 0.3) is 10.1 Å². The van der Waals surface area contributed by atoms with E-state index in [4.69, 9.17) is 5.73 Å². The monoisotopic (exact) mass is 291 g/mol. The summed E-state index contributed by atoms with van der Waals surface area (Å²) in [4.78, 5) is 23.3. The number of hydrogen-bond donors (Lipinski definition) is 3. The molecule has 20 heavy (non-hydrogen) atoms. The van der Waals surface area contributed by atoms with E-state index in [2.05, 4.69) is 10.6 Å². The summed E-state index contributed by atoms with van der Waals surface area (Å²) >= 11 is 1.39. The lowest BCUT2D eigenvalue weighted by molar-refractivity contribution is -0.118. The number of aryl methyl sites for hydroxylation is 1. The van der Waals surface area contributed by atoms with E-state index in [9.17, 15) is 9.59 Å². The highest BCUT2D eigenvalue weighted by atomic mass is 32.1. The molecule has 0 radical (unpaired) electrons. The molecule has 1 aromatic carbocycles. The first-order chi connectivity index (χ1) is 9.49. The first-order valence-electron chi connectivity index (χ1n) is 6.30. The highest BCUT2D eigenvalue weighted by molar-refractivity contribution is 7.21. The van der Waals surface area contributed by atoms with Gasteiger partial charge in [-0.3, -0.25) is 9.59 Å². The van der Waals surface area contributed by atoms with Gasteiger partial charge in [-0.1, -0.05) is 12.1 Å². The lowest BCUT2D eigenvalue weighted by Crippen LogP contribution is -2.33. The molecular formula is C14H17N3O2S. The van der Waals surface area contributed by atoms with Gasteiger partial charge < -0.3 is 16.4 Å². The van der Waals surface area contributed by atoms with Crippen LogP contribution >= 0.6 is 11.3 Å². The van der Waals surface area contributed by atoms with Crippen molar-refractivity contribution in [3.8, 4) is 0 Å². The molecule has 0 fully saturated rings. The summed E-state index contributed by atoms with van der Waals surface area (Å²) in [6.07, 6.45) is 0. The van der Waals surface area contributed by atoms with Crippen molar-refractivity contribution >= 4 is 38.9 Å². The quantitative estimate of drug-likeness (QED) is 0.749. The van der Waals surface area contributed by atoms with Crippen LogP contribution in [0.15, 0.2) is 18.2 Å². The van der Waals surface area contributed by atoms with Gasteiger partial charge in [0, 0.05) is 30.1 Å². The number of hydrogen-bond acceptors (Lipinski definition) is 4. The van der Waals surface area contributed by atoms with E-state index in [1.807, 2.05) is 25.1 Å². The third kappa shape index (κ3) is 3.08. The first kappa shape index (κ1) is 14.3. The molecule has 0 aliphatic rings. The summed E-state index contributed by atoms with van der Waals surface area (Å²) in [5.74, 6) is -0.317. The van der Waals surface area contributed by atoms with E-state index < -0.39 is 0 Å². The van der Waals surface area contributed by atoms with Crippen LogP contribution in [0, 0.1) is 6.92 Å². The van der Waals surface area contributed by atoms with E-state index in [1.54, 1.807) is 0 Å². The number of nitrogens with two attached hydrogens (primary N) is 1. The Bertz CT molecular complexity index is 664. The third-order valence-corrected chi connectivity index (χ3v) is 4.04. The molecule has 0 saturated heterocycles. The Morgan fingerprint density at radius 2 is 1.95 bits per heavy atom. The number of nitrogens with one attached hydrogen (secondary N) is 2. The molecule has 0 bridgehead atoms. The highest BCUT2D eigenvalue weighted by Crippen LogP contribution is 2.33. The number of carbonyl (C=O) groups excluding carboxylic acids is 2. The number of nitrogen functional groups attached to an aromatic ring is 1. The van der Waals surface area contributed by atoms with Gasteiger partial charge in [0.1, 0.15) is 4.88 Å². The molecule has 0 aliphatic carbocycles. The van der Waals surface area contributed by atoms with Gasteiger partial charge in [-0.2, -0.15) is 0 Å². The van der Waals surface area contributed by atoms with Gasteiger partial charge in [-0.15, -0.1) is 11.3 Å². The smallest absolute Gasteiger partial charge is 0.263 e. The summed E-state index contributed by atoms with van der Waals surface area (Å²) in [5.41, 5.74) is 7.67. The number of rotatable bonds is 4. The number of benzene rings is 1. The van der Waals surface area contributed by atoms with Crippen LogP contribution < -0.4 is 16.4 Å². The maximum atomic E-state index is 12.1. The molecule has 6 heteroatoms. The molecule has 1 aromatic heterocycles. The molecule has 0 unspecified atom stereocenters. The second-order valence-electron chi connectivity index (χ2n) is 4.58. The van der Waals surface area contributed by atoms with Gasteiger partial charge in [-0.05, 0) is 18.6 Å². The molecule has 106 valence electrons. The fourth-order valence-corrected chi connectivity index (χ4v) is 3.02. The zero-order valence-corrected chi connectivity index (χ0v) is 12.3. The van der Waals surface area contributed by atoms with Gasteiger partial charge in [0.25, 0.3) is 5.91 Å². The fraction of sp³-hybridized carbons (Fsp3) is 0.286. The maximum Gasteiger partial charge on any atom is 0.263 e. The summed E-state index contributed by atoms with van der Waals surface area (Å²) in [6, 6.07) is 5.93. The fourth-order valence-electron chi connectivity index (χ4n) is 1.89.